The molecule has 2 N–H and O–H groups in total. The van der Waals surface area contributed by atoms with E-state index in [0.717, 1.165) is 68.0 Å². The van der Waals surface area contributed by atoms with Gasteiger partial charge in [-0.25, -0.2) is 9.97 Å². The molecule has 1 saturated heterocycles. The molecule has 1 saturated carbocycles. The number of benzene rings is 1. The SMILES string of the molecule is CCc1nc2ccc(CN3CCN(c4ccc(C(=O)NC5CC5)nc4C)CC3)cc2[nH]c1=O. The van der Waals surface area contributed by atoms with Crippen molar-refractivity contribution in [1.82, 2.24) is 25.2 Å². The normalized spacial score (nSPS) is 16.8. The third-order valence-electron chi connectivity index (χ3n) is 6.48. The molecule has 1 aliphatic carbocycles. The minimum atomic E-state index is -0.101. The van der Waals surface area contributed by atoms with Crippen molar-refractivity contribution in [2.45, 2.75) is 45.7 Å². The van der Waals surface area contributed by atoms with Crippen molar-refractivity contribution in [3.8, 4) is 0 Å². The molecule has 1 amide bonds. The van der Waals surface area contributed by atoms with Gasteiger partial charge in [-0.1, -0.05) is 13.0 Å². The number of H-pyrrole nitrogens is 1. The summed E-state index contributed by atoms with van der Waals surface area (Å²) in [7, 11) is 0. The van der Waals surface area contributed by atoms with Crippen LogP contribution in [0.5, 0.6) is 0 Å². The number of pyridine rings is 1. The molecule has 2 aliphatic rings. The zero-order valence-corrected chi connectivity index (χ0v) is 19.2. The number of carbonyl (C=O) groups is 1. The molecule has 0 spiro atoms. The Balaban J connectivity index is 1.21. The number of anilines is 1. The van der Waals surface area contributed by atoms with Gasteiger partial charge >= 0.3 is 0 Å². The second kappa shape index (κ2) is 8.94. The molecule has 1 aliphatic heterocycles. The van der Waals surface area contributed by atoms with Crippen LogP contribution in [0.2, 0.25) is 0 Å². The third-order valence-corrected chi connectivity index (χ3v) is 6.48. The Morgan fingerprint density at radius 2 is 1.91 bits per heavy atom. The van der Waals surface area contributed by atoms with E-state index in [2.05, 4.69) is 36.1 Å². The largest absolute Gasteiger partial charge is 0.368 e. The van der Waals surface area contributed by atoms with Crippen LogP contribution >= 0.6 is 0 Å². The summed E-state index contributed by atoms with van der Waals surface area (Å²) in [5.74, 6) is -0.0742. The highest BCUT2D eigenvalue weighted by Gasteiger charge is 2.25. The number of aromatic amines is 1. The van der Waals surface area contributed by atoms with Gasteiger partial charge < -0.3 is 15.2 Å². The van der Waals surface area contributed by atoms with Gasteiger partial charge in [0, 0.05) is 38.8 Å². The van der Waals surface area contributed by atoms with E-state index in [0.29, 0.717) is 23.9 Å². The van der Waals surface area contributed by atoms with Crippen molar-refractivity contribution in [2.24, 2.45) is 0 Å². The highest BCUT2D eigenvalue weighted by Crippen LogP contribution is 2.23. The van der Waals surface area contributed by atoms with Gasteiger partial charge in [-0.2, -0.15) is 0 Å². The number of rotatable bonds is 6. The zero-order chi connectivity index (χ0) is 22.9. The van der Waals surface area contributed by atoms with Crippen LogP contribution in [-0.2, 0) is 13.0 Å². The Morgan fingerprint density at radius 3 is 2.61 bits per heavy atom. The Morgan fingerprint density at radius 1 is 1.12 bits per heavy atom. The molecule has 0 atom stereocenters. The van der Waals surface area contributed by atoms with Gasteiger partial charge in [-0.3, -0.25) is 14.5 Å². The number of aromatic nitrogens is 3. The van der Waals surface area contributed by atoms with E-state index in [-0.39, 0.29) is 11.5 Å². The number of nitrogens with zero attached hydrogens (tertiary/aromatic N) is 4. The van der Waals surface area contributed by atoms with E-state index in [9.17, 15) is 9.59 Å². The number of piperazine rings is 1. The lowest BCUT2D eigenvalue weighted by atomic mass is 10.1. The Hall–Kier alpha value is -3.26. The quantitative estimate of drug-likeness (QED) is 0.604. The first-order valence-electron chi connectivity index (χ1n) is 11.8. The fraction of sp³-hybridized carbons (Fsp3) is 0.440. The summed E-state index contributed by atoms with van der Waals surface area (Å²) in [6.45, 7) is 8.43. The Labute approximate surface area is 193 Å². The molecule has 3 aromatic rings. The van der Waals surface area contributed by atoms with Crippen molar-refractivity contribution in [3.63, 3.8) is 0 Å². The minimum Gasteiger partial charge on any atom is -0.368 e. The van der Waals surface area contributed by atoms with Crippen molar-refractivity contribution < 1.29 is 4.79 Å². The van der Waals surface area contributed by atoms with Crippen LogP contribution in [-0.4, -0.2) is 58.0 Å². The first-order chi connectivity index (χ1) is 16.0. The van der Waals surface area contributed by atoms with E-state index >= 15 is 0 Å². The molecule has 2 fully saturated rings. The summed E-state index contributed by atoms with van der Waals surface area (Å²) in [4.78, 5) is 41.1. The summed E-state index contributed by atoms with van der Waals surface area (Å²) in [5, 5.41) is 3.00. The van der Waals surface area contributed by atoms with Gasteiger partial charge in [0.25, 0.3) is 11.5 Å². The second-order valence-electron chi connectivity index (χ2n) is 9.03. The monoisotopic (exact) mass is 446 g/mol. The van der Waals surface area contributed by atoms with Crippen LogP contribution in [0.4, 0.5) is 5.69 Å². The van der Waals surface area contributed by atoms with E-state index in [1.54, 1.807) is 0 Å². The maximum atomic E-state index is 12.3. The number of carbonyl (C=O) groups excluding carboxylic acids is 1. The Bertz CT molecular complexity index is 1240. The summed E-state index contributed by atoms with van der Waals surface area (Å²) in [5.41, 5.74) is 5.75. The highest BCUT2D eigenvalue weighted by molar-refractivity contribution is 5.93. The molecular weight excluding hydrogens is 416 g/mol. The number of aryl methyl sites for hydroxylation is 2. The maximum absolute atomic E-state index is 12.3. The molecule has 172 valence electrons. The molecule has 5 rings (SSSR count). The molecule has 3 heterocycles. The van der Waals surface area contributed by atoms with Gasteiger partial charge in [0.15, 0.2) is 0 Å². The van der Waals surface area contributed by atoms with Gasteiger partial charge in [0.05, 0.1) is 22.4 Å². The second-order valence-corrected chi connectivity index (χ2v) is 9.03. The molecule has 2 aromatic heterocycles. The zero-order valence-electron chi connectivity index (χ0n) is 19.2. The average molecular weight is 447 g/mol. The first kappa shape index (κ1) is 21.6. The smallest absolute Gasteiger partial charge is 0.270 e. The maximum Gasteiger partial charge on any atom is 0.270 e. The van der Waals surface area contributed by atoms with Crippen molar-refractivity contribution in [3.05, 3.63) is 63.3 Å². The molecule has 33 heavy (non-hydrogen) atoms. The molecule has 0 bridgehead atoms. The lowest BCUT2D eigenvalue weighted by Gasteiger charge is -2.36. The number of amides is 1. The van der Waals surface area contributed by atoms with Gasteiger partial charge in [0.1, 0.15) is 11.4 Å². The molecule has 1 aromatic carbocycles. The van der Waals surface area contributed by atoms with E-state index in [4.69, 9.17) is 0 Å². The summed E-state index contributed by atoms with van der Waals surface area (Å²) in [6.07, 6.45) is 2.77. The van der Waals surface area contributed by atoms with Crippen molar-refractivity contribution >= 4 is 22.6 Å². The first-order valence-corrected chi connectivity index (χ1v) is 11.8. The molecular formula is C25H30N6O2. The van der Waals surface area contributed by atoms with Crippen LogP contribution in [0.25, 0.3) is 11.0 Å². The van der Waals surface area contributed by atoms with Crippen LogP contribution in [0.15, 0.2) is 35.1 Å². The minimum absolute atomic E-state index is 0.0742. The molecule has 8 nitrogen and oxygen atoms in total. The van der Waals surface area contributed by atoms with Crippen LogP contribution in [0.1, 0.15) is 47.2 Å². The van der Waals surface area contributed by atoms with Crippen molar-refractivity contribution in [2.75, 3.05) is 31.1 Å². The summed E-state index contributed by atoms with van der Waals surface area (Å²) < 4.78 is 0. The summed E-state index contributed by atoms with van der Waals surface area (Å²) >= 11 is 0. The van der Waals surface area contributed by atoms with Crippen molar-refractivity contribution in [1.29, 1.82) is 0 Å². The van der Waals surface area contributed by atoms with Gasteiger partial charge in [0.2, 0.25) is 0 Å². The topological polar surface area (TPSA) is 94.2 Å². The fourth-order valence-electron chi connectivity index (χ4n) is 4.42. The third kappa shape index (κ3) is 4.75. The molecule has 0 radical (unpaired) electrons. The van der Waals surface area contributed by atoms with Crippen LogP contribution in [0.3, 0.4) is 0 Å². The molecule has 8 heteroatoms. The number of nitrogens with one attached hydrogen (secondary N) is 2. The molecule has 0 unspecified atom stereocenters. The fourth-order valence-corrected chi connectivity index (χ4v) is 4.42. The van der Waals surface area contributed by atoms with Gasteiger partial charge in [-0.15, -0.1) is 0 Å². The summed E-state index contributed by atoms with van der Waals surface area (Å²) in [6, 6.07) is 10.3. The number of fused-ring (bicyclic) bond motifs is 1. The number of hydrogen-bond donors (Lipinski definition) is 2. The van der Waals surface area contributed by atoms with E-state index < -0.39 is 0 Å². The lowest BCUT2D eigenvalue weighted by molar-refractivity contribution is 0.0946. The highest BCUT2D eigenvalue weighted by atomic mass is 16.2. The van der Waals surface area contributed by atoms with Crippen LogP contribution in [0, 0.1) is 6.92 Å². The predicted molar refractivity (Wildman–Crippen MR) is 129 cm³/mol. The van der Waals surface area contributed by atoms with Gasteiger partial charge in [-0.05, 0) is 56.0 Å². The van der Waals surface area contributed by atoms with E-state index in [1.807, 2.05) is 38.1 Å². The average Bonchev–Trinajstić information content (AvgIpc) is 3.63. The van der Waals surface area contributed by atoms with E-state index in [1.165, 1.54) is 5.56 Å². The predicted octanol–water partition coefficient (Wildman–Crippen LogP) is 2.40. The van der Waals surface area contributed by atoms with Crippen LogP contribution < -0.4 is 15.8 Å². The lowest BCUT2D eigenvalue weighted by Crippen LogP contribution is -2.46. The number of hydrogen-bond acceptors (Lipinski definition) is 6. The Kier molecular flexibility index (Phi) is 5.85. The standard InChI is InChI=1S/C25H30N6O2/c1-3-19-24(32)29-22-14-17(4-7-20(22)28-19)15-30-10-12-31(13-11-30)23-9-8-21(26-16(23)2)25(33)27-18-5-6-18/h4,7-9,14,18H,3,5-6,10-13,15H2,1-2H3,(H,27,33)(H,29,32).